The first-order valence-corrected chi connectivity index (χ1v) is 11.2. The minimum atomic E-state index is -3.30. The van der Waals surface area contributed by atoms with Crippen molar-refractivity contribution in [3.63, 3.8) is 0 Å². The second kappa shape index (κ2) is 8.55. The van der Waals surface area contributed by atoms with Crippen LogP contribution in [0.5, 0.6) is 0 Å². The largest absolute Gasteiger partial charge is 0.317 e. The number of sulfonamides is 1. The Morgan fingerprint density at radius 2 is 1.81 bits per heavy atom. The molecule has 0 atom stereocenters. The van der Waals surface area contributed by atoms with Gasteiger partial charge in [0.1, 0.15) is 0 Å². The number of nitrogens with zero attached hydrogens (tertiary/aromatic N) is 1. The molecule has 1 saturated carbocycles. The Bertz CT molecular complexity index is 891. The summed E-state index contributed by atoms with van der Waals surface area (Å²) >= 11 is 1.34. The highest BCUT2D eigenvalue weighted by Crippen LogP contribution is 2.30. The van der Waals surface area contributed by atoms with Crippen molar-refractivity contribution in [3.05, 3.63) is 29.6 Å². The van der Waals surface area contributed by atoms with E-state index in [0.29, 0.717) is 29.4 Å². The molecule has 148 valence electrons. The molecule has 0 aliphatic heterocycles. The molecule has 4 N–H and O–H groups in total. The van der Waals surface area contributed by atoms with Crippen LogP contribution in [-0.4, -0.2) is 31.1 Å². The molecule has 0 unspecified atom stereocenters. The van der Waals surface area contributed by atoms with Gasteiger partial charge in [-0.05, 0) is 25.0 Å². The minimum absolute atomic E-state index is 0. The maximum absolute atomic E-state index is 12.5. The molecule has 1 fully saturated rings. The monoisotopic (exact) mass is 430 g/mol. The highest BCUT2D eigenvalue weighted by molar-refractivity contribution is 7.92. The van der Waals surface area contributed by atoms with Gasteiger partial charge in [0.15, 0.2) is 5.13 Å². The van der Waals surface area contributed by atoms with Crippen LogP contribution in [0.15, 0.2) is 29.6 Å². The lowest BCUT2D eigenvalue weighted by atomic mass is 9.82. The molecule has 1 aliphatic carbocycles. The van der Waals surface area contributed by atoms with E-state index in [1.165, 1.54) is 11.3 Å². The van der Waals surface area contributed by atoms with Crippen LogP contribution >= 0.6 is 23.7 Å². The summed E-state index contributed by atoms with van der Waals surface area (Å²) < 4.78 is 24.9. The van der Waals surface area contributed by atoms with Crippen LogP contribution in [0.25, 0.3) is 11.3 Å². The molecular formula is C17H23ClN4O3S2. The van der Waals surface area contributed by atoms with Crippen molar-refractivity contribution in [2.24, 2.45) is 5.73 Å². The third kappa shape index (κ3) is 5.65. The van der Waals surface area contributed by atoms with Crippen molar-refractivity contribution in [3.8, 4) is 11.3 Å². The zero-order valence-electron chi connectivity index (χ0n) is 14.9. The van der Waals surface area contributed by atoms with E-state index in [-0.39, 0.29) is 18.3 Å². The van der Waals surface area contributed by atoms with Gasteiger partial charge in [-0.25, -0.2) is 13.4 Å². The molecular weight excluding hydrogens is 408 g/mol. The maximum Gasteiger partial charge on any atom is 0.246 e. The standard InChI is InChI=1S/C17H22N4O3S2.ClH/c1-26(23,24)21-13-7-5-12(6-8-13)14-11-25-16(19-14)20-15(22)17(18)9-3-2-4-10-17;/h5-8,11,21H,2-4,9-10,18H2,1H3,(H,19,20,22);1H. The molecule has 1 aromatic carbocycles. The molecule has 1 heterocycles. The predicted molar refractivity (Wildman–Crippen MR) is 112 cm³/mol. The molecule has 10 heteroatoms. The van der Waals surface area contributed by atoms with E-state index in [4.69, 9.17) is 5.73 Å². The van der Waals surface area contributed by atoms with Crippen molar-refractivity contribution >= 4 is 50.5 Å². The van der Waals surface area contributed by atoms with Crippen molar-refractivity contribution in [1.82, 2.24) is 4.98 Å². The van der Waals surface area contributed by atoms with Gasteiger partial charge in [-0.15, -0.1) is 23.7 Å². The number of carbonyl (C=O) groups is 1. The Balaban J connectivity index is 0.00000261. The fourth-order valence-electron chi connectivity index (χ4n) is 3.02. The van der Waals surface area contributed by atoms with E-state index in [2.05, 4.69) is 15.0 Å². The van der Waals surface area contributed by atoms with Crippen molar-refractivity contribution in [1.29, 1.82) is 0 Å². The first-order valence-electron chi connectivity index (χ1n) is 8.39. The number of rotatable bonds is 5. The number of halogens is 1. The van der Waals surface area contributed by atoms with Crippen LogP contribution in [0.1, 0.15) is 32.1 Å². The normalized spacial score (nSPS) is 16.2. The number of carbonyl (C=O) groups excluding carboxylic acids is 1. The molecule has 0 bridgehead atoms. The third-order valence-corrected chi connectivity index (χ3v) is 5.77. The van der Waals surface area contributed by atoms with E-state index in [1.54, 1.807) is 24.3 Å². The zero-order valence-corrected chi connectivity index (χ0v) is 17.3. The van der Waals surface area contributed by atoms with E-state index in [0.717, 1.165) is 31.1 Å². The van der Waals surface area contributed by atoms with Crippen LogP contribution < -0.4 is 15.8 Å². The fraction of sp³-hybridized carbons (Fsp3) is 0.412. The molecule has 27 heavy (non-hydrogen) atoms. The van der Waals surface area contributed by atoms with Crippen LogP contribution in [-0.2, 0) is 14.8 Å². The Morgan fingerprint density at radius 3 is 2.41 bits per heavy atom. The molecule has 0 saturated heterocycles. The summed E-state index contributed by atoms with van der Waals surface area (Å²) in [6.07, 6.45) is 5.57. The summed E-state index contributed by atoms with van der Waals surface area (Å²) in [7, 11) is -3.30. The smallest absolute Gasteiger partial charge is 0.246 e. The molecule has 1 aliphatic rings. The van der Waals surface area contributed by atoms with Gasteiger partial charge in [0.2, 0.25) is 15.9 Å². The number of hydrogen-bond acceptors (Lipinski definition) is 6. The fourth-order valence-corrected chi connectivity index (χ4v) is 4.30. The average molecular weight is 431 g/mol. The van der Waals surface area contributed by atoms with Gasteiger partial charge in [0, 0.05) is 16.6 Å². The predicted octanol–water partition coefficient (Wildman–Crippen LogP) is 3.20. The number of thiazole rings is 1. The summed E-state index contributed by atoms with van der Waals surface area (Å²) in [5.74, 6) is -0.175. The van der Waals surface area contributed by atoms with Crippen LogP contribution in [0, 0.1) is 0 Å². The number of anilines is 2. The van der Waals surface area contributed by atoms with E-state index in [9.17, 15) is 13.2 Å². The van der Waals surface area contributed by atoms with Gasteiger partial charge in [0.25, 0.3) is 0 Å². The highest BCUT2D eigenvalue weighted by atomic mass is 35.5. The Kier molecular flexibility index (Phi) is 6.85. The lowest BCUT2D eigenvalue weighted by Crippen LogP contribution is -2.52. The number of amides is 1. The quantitative estimate of drug-likeness (QED) is 0.673. The Labute approximate surface area is 169 Å². The molecule has 1 aromatic heterocycles. The second-order valence-corrected chi connectivity index (χ2v) is 9.27. The van der Waals surface area contributed by atoms with Crippen LogP contribution in [0.2, 0.25) is 0 Å². The number of benzene rings is 1. The first-order chi connectivity index (χ1) is 12.3. The van der Waals surface area contributed by atoms with Crippen molar-refractivity contribution in [2.45, 2.75) is 37.6 Å². The summed E-state index contributed by atoms with van der Waals surface area (Å²) in [6.45, 7) is 0. The van der Waals surface area contributed by atoms with Gasteiger partial charge in [-0.3, -0.25) is 9.52 Å². The molecule has 2 aromatic rings. The Hall–Kier alpha value is -1.68. The van der Waals surface area contributed by atoms with E-state index in [1.807, 2.05) is 5.38 Å². The number of nitrogens with one attached hydrogen (secondary N) is 2. The summed E-state index contributed by atoms with van der Waals surface area (Å²) in [5, 5.41) is 5.20. The van der Waals surface area contributed by atoms with E-state index < -0.39 is 15.6 Å². The van der Waals surface area contributed by atoms with Crippen molar-refractivity contribution < 1.29 is 13.2 Å². The molecule has 7 nitrogen and oxygen atoms in total. The third-order valence-electron chi connectivity index (χ3n) is 4.41. The average Bonchev–Trinajstić information content (AvgIpc) is 3.03. The molecule has 0 spiro atoms. The van der Waals surface area contributed by atoms with Gasteiger partial charge in [-0.1, -0.05) is 31.4 Å². The molecule has 0 radical (unpaired) electrons. The highest BCUT2D eigenvalue weighted by Gasteiger charge is 2.35. The first kappa shape index (κ1) is 21.6. The van der Waals surface area contributed by atoms with Gasteiger partial charge < -0.3 is 11.1 Å². The van der Waals surface area contributed by atoms with Gasteiger partial charge in [0.05, 0.1) is 17.5 Å². The Morgan fingerprint density at radius 1 is 1.19 bits per heavy atom. The van der Waals surface area contributed by atoms with Crippen LogP contribution in [0.4, 0.5) is 10.8 Å². The molecule has 1 amide bonds. The lowest BCUT2D eigenvalue weighted by Gasteiger charge is -2.31. The topological polar surface area (TPSA) is 114 Å². The van der Waals surface area contributed by atoms with Gasteiger partial charge >= 0.3 is 0 Å². The zero-order chi connectivity index (χ0) is 18.8. The minimum Gasteiger partial charge on any atom is -0.317 e. The maximum atomic E-state index is 12.5. The van der Waals surface area contributed by atoms with Crippen LogP contribution in [0.3, 0.4) is 0 Å². The summed E-state index contributed by atoms with van der Waals surface area (Å²) in [5.41, 5.74) is 7.48. The SMILES string of the molecule is CS(=O)(=O)Nc1ccc(-c2csc(NC(=O)C3(N)CCCCC3)n2)cc1.Cl. The molecule has 3 rings (SSSR count). The summed E-state index contributed by atoms with van der Waals surface area (Å²) in [4.78, 5) is 16.9. The second-order valence-electron chi connectivity index (χ2n) is 6.66. The van der Waals surface area contributed by atoms with Gasteiger partial charge in [-0.2, -0.15) is 0 Å². The van der Waals surface area contributed by atoms with Crippen molar-refractivity contribution in [2.75, 3.05) is 16.3 Å². The summed E-state index contributed by atoms with van der Waals surface area (Å²) in [6, 6.07) is 6.90. The van der Waals surface area contributed by atoms with E-state index >= 15 is 0 Å². The number of aromatic nitrogens is 1. The number of hydrogen-bond donors (Lipinski definition) is 3. The number of nitrogens with two attached hydrogens (primary N) is 1. The lowest BCUT2D eigenvalue weighted by molar-refractivity contribution is -0.122.